The lowest BCUT2D eigenvalue weighted by molar-refractivity contribution is -0.301. The van der Waals surface area contributed by atoms with Gasteiger partial charge in [-0.3, -0.25) is 14.4 Å². The van der Waals surface area contributed by atoms with Gasteiger partial charge in [0.1, 0.15) is 18.8 Å². The van der Waals surface area contributed by atoms with Crippen LogP contribution in [0.4, 0.5) is 0 Å². The first-order valence-electron chi connectivity index (χ1n) is 29.9. The molecule has 0 radical (unpaired) electrons. The molecule has 1 aliphatic rings. The van der Waals surface area contributed by atoms with Gasteiger partial charge in [-0.1, -0.05) is 233 Å². The van der Waals surface area contributed by atoms with Crippen LogP contribution in [0.15, 0.2) is 109 Å². The molecule has 12 heteroatoms. The third-order valence-electron chi connectivity index (χ3n) is 12.9. The summed E-state index contributed by atoms with van der Waals surface area (Å²) in [6.07, 6.45) is 58.1. The summed E-state index contributed by atoms with van der Waals surface area (Å²) in [5, 5.41) is 31.5. The number of carbonyl (C=O) groups is 4. The number of aliphatic hydroxyl groups excluding tert-OH is 2. The molecule has 6 unspecified atom stereocenters. The number of carbonyl (C=O) groups excluding carboxylic acids is 3. The van der Waals surface area contributed by atoms with Gasteiger partial charge < -0.3 is 39.0 Å². The van der Waals surface area contributed by atoms with Crippen LogP contribution in [-0.2, 0) is 42.9 Å². The van der Waals surface area contributed by atoms with Gasteiger partial charge >= 0.3 is 23.9 Å². The largest absolute Gasteiger partial charge is 0.479 e. The van der Waals surface area contributed by atoms with E-state index in [1.54, 1.807) is 6.08 Å². The fourth-order valence-corrected chi connectivity index (χ4v) is 8.38. The van der Waals surface area contributed by atoms with Gasteiger partial charge in [-0.15, -0.1) is 0 Å². The van der Waals surface area contributed by atoms with Gasteiger partial charge in [-0.2, -0.15) is 0 Å². The second kappa shape index (κ2) is 52.1. The van der Waals surface area contributed by atoms with Crippen molar-refractivity contribution in [3.8, 4) is 0 Å². The molecule has 0 spiro atoms. The minimum atomic E-state index is -1.93. The normalized spacial score (nSPS) is 18.8. The summed E-state index contributed by atoms with van der Waals surface area (Å²) >= 11 is 0. The zero-order valence-electron chi connectivity index (χ0n) is 47.9. The molecule has 6 atom stereocenters. The molecule has 0 saturated carbocycles. The lowest BCUT2D eigenvalue weighted by atomic mass is 9.98. The number of aliphatic hydroxyl groups is 2. The Hall–Kier alpha value is -4.62. The Morgan fingerprint density at radius 2 is 0.857 bits per heavy atom. The summed E-state index contributed by atoms with van der Waals surface area (Å²) in [5.41, 5.74) is 0. The van der Waals surface area contributed by atoms with Gasteiger partial charge in [0, 0.05) is 12.8 Å². The summed E-state index contributed by atoms with van der Waals surface area (Å²) in [6.45, 7) is 5.66. The molecule has 0 bridgehead atoms. The molecule has 0 aromatic rings. The van der Waals surface area contributed by atoms with Crippen molar-refractivity contribution < 1.29 is 58.2 Å². The molecule has 1 fully saturated rings. The van der Waals surface area contributed by atoms with E-state index in [1.165, 1.54) is 83.5 Å². The van der Waals surface area contributed by atoms with E-state index in [4.69, 9.17) is 23.7 Å². The van der Waals surface area contributed by atoms with Gasteiger partial charge in [0.05, 0.1) is 13.0 Å². The lowest BCUT2D eigenvalue weighted by Crippen LogP contribution is -2.61. The van der Waals surface area contributed by atoms with E-state index in [2.05, 4.69) is 106 Å². The number of allylic oxidation sites excluding steroid dienone is 17. The smallest absolute Gasteiger partial charge is 0.335 e. The number of carboxylic acids is 1. The molecular formula is C65H104O12. The van der Waals surface area contributed by atoms with Crippen LogP contribution in [0.3, 0.4) is 0 Å². The van der Waals surface area contributed by atoms with Crippen LogP contribution >= 0.6 is 0 Å². The Bertz CT molecular complexity index is 1750. The first-order chi connectivity index (χ1) is 37.6. The van der Waals surface area contributed by atoms with Crippen LogP contribution in [0.1, 0.15) is 226 Å². The van der Waals surface area contributed by atoms with Crippen molar-refractivity contribution >= 4 is 23.9 Å². The van der Waals surface area contributed by atoms with E-state index in [0.717, 1.165) is 77.0 Å². The quantitative estimate of drug-likeness (QED) is 0.0228. The van der Waals surface area contributed by atoms with E-state index in [9.17, 15) is 34.5 Å². The molecule has 1 aliphatic heterocycles. The second-order valence-electron chi connectivity index (χ2n) is 19.9. The van der Waals surface area contributed by atoms with Crippen LogP contribution < -0.4 is 0 Å². The Morgan fingerprint density at radius 3 is 1.31 bits per heavy atom. The molecular weight excluding hydrogens is 973 g/mol. The van der Waals surface area contributed by atoms with E-state index in [0.29, 0.717) is 25.7 Å². The lowest BCUT2D eigenvalue weighted by Gasteiger charge is -2.40. The number of carboxylic acid groups (broad SMARTS) is 1. The highest BCUT2D eigenvalue weighted by atomic mass is 16.7. The number of aliphatic carboxylic acids is 1. The SMILES string of the molecule is CC/C=C\C/C=C\C/C=C\C/C=C\C/C=C\CC(=O)OC(COC(=O)CCCCCCCCCCCCCCCCCCC)COC1OC(C(=O)O)C(O)C(O)C1OC(=O)CCCC/C=C\C/C=C\C/C=C\C/C=C\CC. The molecule has 1 saturated heterocycles. The zero-order valence-corrected chi connectivity index (χ0v) is 47.9. The minimum absolute atomic E-state index is 0.00660. The second-order valence-corrected chi connectivity index (χ2v) is 19.9. The Kier molecular flexibility index (Phi) is 47.6. The Morgan fingerprint density at radius 1 is 0.455 bits per heavy atom. The predicted octanol–water partition coefficient (Wildman–Crippen LogP) is 15.4. The van der Waals surface area contributed by atoms with Crippen LogP contribution in [-0.4, -0.2) is 89.2 Å². The van der Waals surface area contributed by atoms with E-state index < -0.39 is 67.3 Å². The van der Waals surface area contributed by atoms with Gasteiger partial charge in [0.25, 0.3) is 0 Å². The third kappa shape index (κ3) is 42.1. The summed E-state index contributed by atoms with van der Waals surface area (Å²) in [4.78, 5) is 51.1. The van der Waals surface area contributed by atoms with Crippen molar-refractivity contribution in [2.45, 2.75) is 263 Å². The third-order valence-corrected chi connectivity index (χ3v) is 12.9. The Balaban J connectivity index is 2.76. The molecule has 0 aliphatic carbocycles. The molecule has 12 nitrogen and oxygen atoms in total. The molecule has 0 aromatic carbocycles. The standard InChI is InChI=1S/C65H104O12/c1-4-7-10-13-16-19-22-25-28-29-32-33-36-39-42-45-48-51-57(66)73-54-56(75-58(67)52-49-46-43-40-37-34-30-26-23-20-17-14-11-8-5-2)55-74-65-63(61(70)60(69)62(77-65)64(71)72)76-59(68)53-50-47-44-41-38-35-31-27-24-21-18-15-12-9-6-3/h8-9,11-12,17-18,20-21,26-27,30-31,37-38,40-41,46,49,56,60-63,65,69-70H,4-7,10,13-16,19,22-25,28-29,32-36,39,42-45,47-48,50-55H2,1-3H3,(H,71,72)/b11-8-,12-9-,20-17-,21-18-,30-26-,31-27-,40-37-,41-38-,49-46-. The first-order valence-corrected chi connectivity index (χ1v) is 29.9. The van der Waals surface area contributed by atoms with Gasteiger partial charge in [0.2, 0.25) is 0 Å². The topological polar surface area (TPSA) is 175 Å². The van der Waals surface area contributed by atoms with E-state index >= 15 is 0 Å². The number of unbranched alkanes of at least 4 members (excludes halogenated alkanes) is 18. The number of esters is 3. The Labute approximate surface area is 465 Å². The number of hydrogen-bond donors (Lipinski definition) is 3. The van der Waals surface area contributed by atoms with Crippen molar-refractivity contribution in [2.24, 2.45) is 0 Å². The molecule has 436 valence electrons. The number of hydrogen-bond acceptors (Lipinski definition) is 11. The van der Waals surface area contributed by atoms with Crippen molar-refractivity contribution in [1.29, 1.82) is 0 Å². The molecule has 1 rings (SSSR count). The monoisotopic (exact) mass is 1080 g/mol. The van der Waals surface area contributed by atoms with Crippen molar-refractivity contribution in [2.75, 3.05) is 13.2 Å². The van der Waals surface area contributed by atoms with Crippen LogP contribution in [0.5, 0.6) is 0 Å². The molecule has 77 heavy (non-hydrogen) atoms. The fraction of sp³-hybridized carbons (Fsp3) is 0.662. The summed E-state index contributed by atoms with van der Waals surface area (Å²) < 4.78 is 28.3. The number of rotatable bonds is 49. The minimum Gasteiger partial charge on any atom is -0.479 e. The highest BCUT2D eigenvalue weighted by Gasteiger charge is 2.50. The zero-order chi connectivity index (χ0) is 56.1. The maximum atomic E-state index is 13.1. The van der Waals surface area contributed by atoms with E-state index in [1.807, 2.05) is 18.2 Å². The molecule has 0 amide bonds. The molecule has 1 heterocycles. The molecule has 3 N–H and O–H groups in total. The van der Waals surface area contributed by atoms with Crippen LogP contribution in [0.2, 0.25) is 0 Å². The van der Waals surface area contributed by atoms with Crippen molar-refractivity contribution in [1.82, 2.24) is 0 Å². The van der Waals surface area contributed by atoms with Crippen molar-refractivity contribution in [3.63, 3.8) is 0 Å². The van der Waals surface area contributed by atoms with Crippen LogP contribution in [0, 0.1) is 0 Å². The number of ether oxygens (including phenoxy) is 5. The summed E-state index contributed by atoms with van der Waals surface area (Å²) in [5.74, 6) is -3.35. The summed E-state index contributed by atoms with van der Waals surface area (Å²) in [7, 11) is 0. The molecule has 0 aromatic heterocycles. The maximum absolute atomic E-state index is 13.1. The summed E-state index contributed by atoms with van der Waals surface area (Å²) in [6, 6.07) is 0. The highest BCUT2D eigenvalue weighted by molar-refractivity contribution is 5.74. The first kappa shape index (κ1) is 70.4. The van der Waals surface area contributed by atoms with Gasteiger partial charge in [0.15, 0.2) is 24.6 Å². The predicted molar refractivity (Wildman–Crippen MR) is 312 cm³/mol. The van der Waals surface area contributed by atoms with Gasteiger partial charge in [-0.05, 0) is 83.5 Å². The van der Waals surface area contributed by atoms with Gasteiger partial charge in [-0.25, -0.2) is 4.79 Å². The average Bonchev–Trinajstić information content (AvgIpc) is 3.43. The average molecular weight is 1080 g/mol. The van der Waals surface area contributed by atoms with Crippen LogP contribution in [0.25, 0.3) is 0 Å². The maximum Gasteiger partial charge on any atom is 0.335 e. The van der Waals surface area contributed by atoms with Crippen molar-refractivity contribution in [3.05, 3.63) is 109 Å². The van der Waals surface area contributed by atoms with E-state index in [-0.39, 0.29) is 25.9 Å². The highest BCUT2D eigenvalue weighted by Crippen LogP contribution is 2.26. The fourth-order valence-electron chi connectivity index (χ4n) is 8.38.